The molecule has 118 valence electrons. The van der Waals surface area contributed by atoms with Crippen LogP contribution in [0.3, 0.4) is 0 Å². The van der Waals surface area contributed by atoms with Crippen LogP contribution in [-0.2, 0) is 9.47 Å². The van der Waals surface area contributed by atoms with Crippen LogP contribution in [0.25, 0.3) is 10.8 Å². The first-order chi connectivity index (χ1) is 10.8. The summed E-state index contributed by atoms with van der Waals surface area (Å²) in [7, 11) is 1.74. The average molecular weight is 301 g/mol. The van der Waals surface area contributed by atoms with E-state index >= 15 is 0 Å². The lowest BCUT2D eigenvalue weighted by molar-refractivity contribution is -0.0106. The van der Waals surface area contributed by atoms with E-state index in [1.807, 2.05) is 18.2 Å². The van der Waals surface area contributed by atoms with Gasteiger partial charge in [0, 0.05) is 26.7 Å². The Kier molecular flexibility index (Phi) is 5.27. The maximum Gasteiger partial charge on any atom is 0.120 e. The van der Waals surface area contributed by atoms with Gasteiger partial charge in [-0.2, -0.15) is 0 Å². The highest BCUT2D eigenvalue weighted by atomic mass is 16.5. The number of benzene rings is 2. The van der Waals surface area contributed by atoms with Crippen LogP contribution >= 0.6 is 0 Å². The molecule has 1 aliphatic rings. The molecule has 22 heavy (non-hydrogen) atoms. The molecule has 1 fully saturated rings. The van der Waals surface area contributed by atoms with Gasteiger partial charge in [0.05, 0.1) is 13.2 Å². The SMILES string of the molecule is COC(COc1ccc2ccccc2c1)CN1CCOCC1. The van der Waals surface area contributed by atoms with Crippen molar-refractivity contribution in [3.8, 4) is 5.75 Å². The second-order valence-corrected chi connectivity index (χ2v) is 5.59. The molecule has 1 aliphatic heterocycles. The van der Waals surface area contributed by atoms with Crippen LogP contribution in [0.1, 0.15) is 0 Å². The first-order valence-corrected chi connectivity index (χ1v) is 7.79. The van der Waals surface area contributed by atoms with Gasteiger partial charge in [-0.3, -0.25) is 4.90 Å². The second kappa shape index (κ2) is 7.58. The van der Waals surface area contributed by atoms with Gasteiger partial charge in [-0.15, -0.1) is 0 Å². The maximum absolute atomic E-state index is 5.93. The summed E-state index contributed by atoms with van der Waals surface area (Å²) < 4.78 is 16.9. The van der Waals surface area contributed by atoms with Crippen LogP contribution in [0.2, 0.25) is 0 Å². The van der Waals surface area contributed by atoms with E-state index in [4.69, 9.17) is 14.2 Å². The van der Waals surface area contributed by atoms with E-state index in [0.717, 1.165) is 38.6 Å². The van der Waals surface area contributed by atoms with Gasteiger partial charge in [0.2, 0.25) is 0 Å². The van der Waals surface area contributed by atoms with Crippen LogP contribution in [0.15, 0.2) is 42.5 Å². The summed E-state index contributed by atoms with van der Waals surface area (Å²) in [5.41, 5.74) is 0. The number of hydrogen-bond acceptors (Lipinski definition) is 4. The molecule has 0 saturated carbocycles. The van der Waals surface area contributed by atoms with Crippen LogP contribution < -0.4 is 4.74 Å². The molecule has 0 spiro atoms. The van der Waals surface area contributed by atoms with Gasteiger partial charge in [-0.05, 0) is 22.9 Å². The molecule has 2 aromatic carbocycles. The molecule has 1 saturated heterocycles. The van der Waals surface area contributed by atoms with Crippen molar-refractivity contribution in [1.82, 2.24) is 4.90 Å². The number of methoxy groups -OCH3 is 1. The Bertz CT molecular complexity index is 596. The molecular weight excluding hydrogens is 278 g/mol. The Labute approximate surface area is 131 Å². The molecule has 0 aliphatic carbocycles. The van der Waals surface area contributed by atoms with E-state index in [9.17, 15) is 0 Å². The standard InChI is InChI=1S/C18H23NO3/c1-20-18(13-19-8-10-21-11-9-19)14-22-17-7-6-15-4-2-3-5-16(15)12-17/h2-7,12,18H,8-11,13-14H2,1H3. The zero-order valence-corrected chi connectivity index (χ0v) is 13.0. The Hall–Kier alpha value is -1.62. The lowest BCUT2D eigenvalue weighted by atomic mass is 10.1. The van der Waals surface area contributed by atoms with Gasteiger partial charge in [-0.25, -0.2) is 0 Å². The largest absolute Gasteiger partial charge is 0.491 e. The lowest BCUT2D eigenvalue weighted by Crippen LogP contribution is -2.43. The van der Waals surface area contributed by atoms with Gasteiger partial charge < -0.3 is 14.2 Å². The molecule has 0 amide bonds. The fourth-order valence-corrected chi connectivity index (χ4v) is 2.71. The third-order valence-electron chi connectivity index (χ3n) is 4.06. The molecule has 3 rings (SSSR count). The quantitative estimate of drug-likeness (QED) is 0.820. The molecule has 0 bridgehead atoms. The van der Waals surface area contributed by atoms with E-state index in [0.29, 0.717) is 6.61 Å². The maximum atomic E-state index is 5.93. The minimum atomic E-state index is 0.0737. The molecular formula is C18H23NO3. The predicted molar refractivity (Wildman–Crippen MR) is 87.5 cm³/mol. The first-order valence-electron chi connectivity index (χ1n) is 7.79. The van der Waals surface area contributed by atoms with E-state index < -0.39 is 0 Å². The summed E-state index contributed by atoms with van der Waals surface area (Å²) in [6, 6.07) is 14.5. The number of nitrogens with zero attached hydrogens (tertiary/aromatic N) is 1. The average Bonchev–Trinajstić information content (AvgIpc) is 2.59. The zero-order chi connectivity index (χ0) is 15.2. The minimum Gasteiger partial charge on any atom is -0.491 e. The molecule has 1 unspecified atom stereocenters. The summed E-state index contributed by atoms with van der Waals surface area (Å²) in [4.78, 5) is 2.36. The molecule has 0 aromatic heterocycles. The Balaban J connectivity index is 1.56. The molecule has 0 radical (unpaired) electrons. The molecule has 4 heteroatoms. The second-order valence-electron chi connectivity index (χ2n) is 5.59. The Morgan fingerprint density at radius 1 is 1.09 bits per heavy atom. The fraction of sp³-hybridized carbons (Fsp3) is 0.444. The van der Waals surface area contributed by atoms with Crippen molar-refractivity contribution in [2.75, 3.05) is 46.6 Å². The number of hydrogen-bond donors (Lipinski definition) is 0. The summed E-state index contributed by atoms with van der Waals surface area (Å²) >= 11 is 0. The summed E-state index contributed by atoms with van der Waals surface area (Å²) in [6.45, 7) is 5.00. The third kappa shape index (κ3) is 3.97. The smallest absolute Gasteiger partial charge is 0.120 e. The van der Waals surface area contributed by atoms with Crippen molar-refractivity contribution < 1.29 is 14.2 Å². The fourth-order valence-electron chi connectivity index (χ4n) is 2.71. The van der Waals surface area contributed by atoms with E-state index in [2.05, 4.69) is 29.2 Å². The van der Waals surface area contributed by atoms with Crippen molar-refractivity contribution in [2.45, 2.75) is 6.10 Å². The summed E-state index contributed by atoms with van der Waals surface area (Å²) in [6.07, 6.45) is 0.0737. The highest BCUT2D eigenvalue weighted by molar-refractivity contribution is 5.83. The van der Waals surface area contributed by atoms with Gasteiger partial charge in [0.1, 0.15) is 18.5 Å². The third-order valence-corrected chi connectivity index (χ3v) is 4.06. The zero-order valence-electron chi connectivity index (χ0n) is 13.0. The number of rotatable bonds is 6. The van der Waals surface area contributed by atoms with Crippen LogP contribution in [0, 0.1) is 0 Å². The number of morpholine rings is 1. The Morgan fingerprint density at radius 2 is 1.86 bits per heavy atom. The monoisotopic (exact) mass is 301 g/mol. The molecule has 2 aromatic rings. The van der Waals surface area contributed by atoms with Gasteiger partial charge in [0.15, 0.2) is 0 Å². The van der Waals surface area contributed by atoms with E-state index in [1.165, 1.54) is 10.8 Å². The molecule has 1 atom stereocenters. The number of fused-ring (bicyclic) bond motifs is 1. The van der Waals surface area contributed by atoms with Crippen molar-refractivity contribution in [3.05, 3.63) is 42.5 Å². The normalized spacial score (nSPS) is 17.5. The molecule has 4 nitrogen and oxygen atoms in total. The first kappa shape index (κ1) is 15.3. The molecule has 0 N–H and O–H groups in total. The highest BCUT2D eigenvalue weighted by Gasteiger charge is 2.17. The summed E-state index contributed by atoms with van der Waals surface area (Å²) in [5.74, 6) is 0.891. The van der Waals surface area contributed by atoms with Crippen molar-refractivity contribution in [1.29, 1.82) is 0 Å². The van der Waals surface area contributed by atoms with Crippen LogP contribution in [0.5, 0.6) is 5.75 Å². The van der Waals surface area contributed by atoms with Crippen LogP contribution in [0.4, 0.5) is 0 Å². The van der Waals surface area contributed by atoms with E-state index in [1.54, 1.807) is 7.11 Å². The van der Waals surface area contributed by atoms with Crippen LogP contribution in [-0.4, -0.2) is 57.6 Å². The van der Waals surface area contributed by atoms with Crippen molar-refractivity contribution >= 4 is 10.8 Å². The van der Waals surface area contributed by atoms with Gasteiger partial charge >= 0.3 is 0 Å². The molecule has 1 heterocycles. The van der Waals surface area contributed by atoms with Crippen molar-refractivity contribution in [2.24, 2.45) is 0 Å². The van der Waals surface area contributed by atoms with E-state index in [-0.39, 0.29) is 6.10 Å². The van der Waals surface area contributed by atoms with Gasteiger partial charge in [0.25, 0.3) is 0 Å². The predicted octanol–water partition coefficient (Wildman–Crippen LogP) is 2.57. The van der Waals surface area contributed by atoms with Gasteiger partial charge in [-0.1, -0.05) is 30.3 Å². The van der Waals surface area contributed by atoms with Crippen molar-refractivity contribution in [3.63, 3.8) is 0 Å². The highest BCUT2D eigenvalue weighted by Crippen LogP contribution is 2.20. The topological polar surface area (TPSA) is 30.9 Å². The lowest BCUT2D eigenvalue weighted by Gasteiger charge is -2.29. The Morgan fingerprint density at radius 3 is 2.64 bits per heavy atom. The summed E-state index contributed by atoms with van der Waals surface area (Å²) in [5, 5.41) is 2.42. The number of ether oxygens (including phenoxy) is 3. The minimum absolute atomic E-state index is 0.0737.